The molecular weight excluding hydrogens is 575 g/mol. The molecule has 192 valence electrons. The molecule has 0 aliphatic heterocycles. The van der Waals surface area contributed by atoms with Crippen molar-refractivity contribution in [3.05, 3.63) is 33.9 Å². The quantitative estimate of drug-likeness (QED) is 0.275. The number of nitrogens with one attached hydrogen (secondary N) is 2. The molecule has 2 unspecified atom stereocenters. The topological polar surface area (TPSA) is 143 Å². The predicted octanol–water partition coefficient (Wildman–Crippen LogP) is 4.57. The molecule has 34 heavy (non-hydrogen) atoms. The second-order valence-electron chi connectivity index (χ2n) is 9.22. The fourth-order valence-electron chi connectivity index (χ4n) is 3.16. The van der Waals surface area contributed by atoms with Crippen molar-refractivity contribution in [2.24, 2.45) is 0 Å². The molecule has 0 bridgehead atoms. The second-order valence-corrected chi connectivity index (χ2v) is 12.9. The Balaban J connectivity index is 0.000000700. The van der Waals surface area contributed by atoms with Crippen LogP contribution in [0.4, 0.5) is 4.79 Å². The number of alkyl carbamates (subject to hydrolysis) is 1. The molecule has 2 rings (SSSR count). The van der Waals surface area contributed by atoms with E-state index in [2.05, 4.69) is 40.0 Å². The van der Waals surface area contributed by atoms with E-state index < -0.39 is 45.0 Å². The molecule has 0 aromatic heterocycles. The minimum atomic E-state index is -3.07. The summed E-state index contributed by atoms with van der Waals surface area (Å²) in [6, 6.07) is 8.92. The number of benzene rings is 1. The van der Waals surface area contributed by atoms with Crippen LogP contribution >= 0.6 is 22.6 Å². The smallest absolute Gasteiger partial charge is 0.408 e. The Morgan fingerprint density at radius 1 is 1.21 bits per heavy atom. The monoisotopic (exact) mass is 610 g/mol. The third kappa shape index (κ3) is 12.5. The van der Waals surface area contributed by atoms with Crippen molar-refractivity contribution in [3.8, 4) is 0 Å². The first-order valence-corrected chi connectivity index (χ1v) is 14.0. The Labute approximate surface area is 215 Å². The van der Waals surface area contributed by atoms with Gasteiger partial charge in [0.2, 0.25) is 0 Å². The Hall–Kier alpha value is -1.89. The average Bonchev–Trinajstić information content (AvgIpc) is 2.66. The number of ether oxygens (including phenoxy) is 2. The lowest BCUT2D eigenvalue weighted by Crippen LogP contribution is -2.45. The first kappa shape index (κ1) is 30.1. The molecule has 0 radical (unpaired) electrons. The Morgan fingerprint density at radius 2 is 1.79 bits per heavy atom. The molecule has 1 saturated carbocycles. The van der Waals surface area contributed by atoms with Crippen molar-refractivity contribution in [2.45, 2.75) is 77.0 Å². The van der Waals surface area contributed by atoms with E-state index in [1.807, 2.05) is 18.2 Å². The largest absolute Gasteiger partial charge is 0.480 e. The summed E-state index contributed by atoms with van der Waals surface area (Å²) in [5.74, 6) is -1.86. The van der Waals surface area contributed by atoms with Crippen molar-refractivity contribution in [2.75, 3.05) is 11.5 Å². The Morgan fingerprint density at radius 3 is 2.18 bits per heavy atom. The van der Waals surface area contributed by atoms with E-state index in [0.717, 1.165) is 6.42 Å². The molecule has 1 aliphatic carbocycles. The minimum absolute atomic E-state index is 0.0130. The summed E-state index contributed by atoms with van der Waals surface area (Å²) in [6.07, 6.45) is 1.55. The Bertz CT molecular complexity index is 926. The second kappa shape index (κ2) is 13.3. The highest BCUT2D eigenvalue weighted by molar-refractivity contribution is 14.1. The van der Waals surface area contributed by atoms with Gasteiger partial charge < -0.3 is 19.9 Å². The number of hydrogen-bond acceptors (Lipinski definition) is 7. The van der Waals surface area contributed by atoms with Crippen LogP contribution in [0.25, 0.3) is 0 Å². The molecule has 1 aromatic carbocycles. The fourth-order valence-corrected chi connectivity index (χ4v) is 5.10. The van der Waals surface area contributed by atoms with Gasteiger partial charge in [-0.25, -0.2) is 13.8 Å². The average molecular weight is 611 g/mol. The summed E-state index contributed by atoms with van der Waals surface area (Å²) < 4.78 is 32.1. The maximum absolute atomic E-state index is 12.5. The van der Waals surface area contributed by atoms with Crippen molar-refractivity contribution in [1.82, 2.24) is 5.32 Å². The number of rotatable bonds is 9. The van der Waals surface area contributed by atoms with Crippen LogP contribution in [0.5, 0.6) is 0 Å². The van der Waals surface area contributed by atoms with Crippen LogP contribution in [0.15, 0.2) is 30.3 Å². The van der Waals surface area contributed by atoms with Gasteiger partial charge in [0.05, 0.1) is 0 Å². The van der Waals surface area contributed by atoms with Crippen molar-refractivity contribution >= 4 is 50.4 Å². The van der Waals surface area contributed by atoms with E-state index in [9.17, 15) is 23.7 Å². The SMILES string of the molecule is CC(=O)OC1(CCS(=N)(=O)CCC(NC(=O)OC(C)(C)C)C(=O)O)CCC1.Ic1ccccc1. The summed E-state index contributed by atoms with van der Waals surface area (Å²) in [6.45, 7) is 6.27. The van der Waals surface area contributed by atoms with E-state index in [1.54, 1.807) is 20.8 Å². The fraction of sp³-hybridized carbons (Fsp3) is 0.609. The summed E-state index contributed by atoms with van der Waals surface area (Å²) in [5, 5.41) is 11.5. The zero-order valence-corrected chi connectivity index (χ0v) is 23.1. The van der Waals surface area contributed by atoms with Crippen molar-refractivity contribution in [3.63, 3.8) is 0 Å². The van der Waals surface area contributed by atoms with E-state index in [1.165, 1.54) is 10.5 Å². The van der Waals surface area contributed by atoms with Gasteiger partial charge in [-0.2, -0.15) is 0 Å². The summed E-state index contributed by atoms with van der Waals surface area (Å²) in [5.41, 5.74) is -1.42. The van der Waals surface area contributed by atoms with E-state index in [0.29, 0.717) is 19.3 Å². The number of amides is 1. The van der Waals surface area contributed by atoms with Crippen molar-refractivity contribution < 1.29 is 33.2 Å². The number of carboxylic acid groups (broad SMARTS) is 1. The summed E-state index contributed by atoms with van der Waals surface area (Å²) in [4.78, 5) is 34.3. The standard InChI is InChI=1S/C17H30N2O7S.C6H5I/c1-12(20)25-17(7-5-8-17)9-11-27(18,24)10-6-13(14(21)22)19-15(23)26-16(2,3)4;7-6-4-2-1-3-5-6/h13,18H,5-11H2,1-4H3,(H,19,23)(H,21,22);1-5H. The van der Waals surface area contributed by atoms with Crippen LogP contribution in [0.1, 0.15) is 59.8 Å². The molecule has 9 nitrogen and oxygen atoms in total. The maximum Gasteiger partial charge on any atom is 0.408 e. The third-order valence-corrected chi connectivity index (χ3v) is 7.45. The molecule has 1 fully saturated rings. The van der Waals surface area contributed by atoms with Gasteiger partial charge in [0.1, 0.15) is 17.2 Å². The van der Waals surface area contributed by atoms with Crippen LogP contribution in [0.2, 0.25) is 0 Å². The van der Waals surface area contributed by atoms with E-state index in [4.69, 9.17) is 14.3 Å². The molecule has 1 aliphatic rings. The van der Waals surface area contributed by atoms with Gasteiger partial charge in [-0.15, -0.1) is 0 Å². The number of carbonyl (C=O) groups excluding carboxylic acids is 2. The number of hydrogen-bond donors (Lipinski definition) is 3. The molecule has 0 saturated heterocycles. The lowest BCUT2D eigenvalue weighted by molar-refractivity contribution is -0.167. The number of carbonyl (C=O) groups is 3. The molecule has 1 amide bonds. The summed E-state index contributed by atoms with van der Waals surface area (Å²) >= 11 is 2.28. The molecule has 1 aromatic rings. The molecule has 3 N–H and O–H groups in total. The highest BCUT2D eigenvalue weighted by atomic mass is 127. The van der Waals surface area contributed by atoms with Crippen LogP contribution in [-0.4, -0.2) is 56.1 Å². The van der Waals surface area contributed by atoms with Gasteiger partial charge >= 0.3 is 18.0 Å². The highest BCUT2D eigenvalue weighted by Crippen LogP contribution is 2.39. The number of carboxylic acids is 1. The van der Waals surface area contributed by atoms with Crippen LogP contribution in [0, 0.1) is 8.35 Å². The van der Waals surface area contributed by atoms with Gasteiger partial charge in [-0.3, -0.25) is 9.57 Å². The molecule has 11 heteroatoms. The zero-order valence-electron chi connectivity index (χ0n) is 20.1. The number of esters is 1. The van der Waals surface area contributed by atoms with E-state index in [-0.39, 0.29) is 17.9 Å². The van der Waals surface area contributed by atoms with Gasteiger partial charge in [0.15, 0.2) is 0 Å². The van der Waals surface area contributed by atoms with Gasteiger partial charge in [0, 0.05) is 31.7 Å². The van der Waals surface area contributed by atoms with E-state index >= 15 is 0 Å². The van der Waals surface area contributed by atoms with Crippen molar-refractivity contribution in [1.29, 1.82) is 4.78 Å². The third-order valence-electron chi connectivity index (χ3n) is 4.97. The lowest BCUT2D eigenvalue weighted by Gasteiger charge is -2.41. The van der Waals surface area contributed by atoms with Gasteiger partial charge in [-0.05, 0) is 87.6 Å². The number of halogens is 1. The predicted molar refractivity (Wildman–Crippen MR) is 138 cm³/mol. The number of aliphatic carboxylic acids is 1. The van der Waals surface area contributed by atoms with Gasteiger partial charge in [-0.1, -0.05) is 18.2 Å². The maximum atomic E-state index is 12.5. The zero-order chi connectivity index (χ0) is 26.0. The highest BCUT2D eigenvalue weighted by Gasteiger charge is 2.40. The molecule has 0 heterocycles. The molecular formula is C23H35IN2O7S. The summed E-state index contributed by atoms with van der Waals surface area (Å²) in [7, 11) is -3.07. The Kier molecular flexibility index (Phi) is 11.8. The normalized spacial score (nSPS) is 17.0. The van der Waals surface area contributed by atoms with Crippen LogP contribution in [0.3, 0.4) is 0 Å². The van der Waals surface area contributed by atoms with Gasteiger partial charge in [0.25, 0.3) is 0 Å². The molecule has 2 atom stereocenters. The van der Waals surface area contributed by atoms with Crippen LogP contribution < -0.4 is 5.32 Å². The first-order valence-electron chi connectivity index (χ1n) is 11.0. The lowest BCUT2D eigenvalue weighted by atomic mass is 9.78. The van der Waals surface area contributed by atoms with Crippen LogP contribution in [-0.2, 0) is 28.8 Å². The minimum Gasteiger partial charge on any atom is -0.480 e. The first-order chi connectivity index (χ1) is 15.6. The molecule has 0 spiro atoms.